The average Bonchev–Trinajstić information content (AvgIpc) is 2.88. The summed E-state index contributed by atoms with van der Waals surface area (Å²) in [6.45, 7) is 2.23. The molecule has 2 rings (SSSR count). The van der Waals surface area contributed by atoms with E-state index in [9.17, 15) is 8.42 Å². The van der Waals surface area contributed by atoms with Crippen molar-refractivity contribution in [1.29, 1.82) is 0 Å². The summed E-state index contributed by atoms with van der Waals surface area (Å²) in [6, 6.07) is 0. The zero-order chi connectivity index (χ0) is 10.7. The Balaban J connectivity index is 1.81. The maximum atomic E-state index is 11.9. The molecule has 2 saturated heterocycles. The number of nitrogens with zero attached hydrogens (tertiary/aromatic N) is 1. The highest BCUT2D eigenvalue weighted by atomic mass is 32.2. The van der Waals surface area contributed by atoms with Gasteiger partial charge in [-0.2, -0.15) is 0 Å². The molecule has 0 bridgehead atoms. The molecule has 2 fully saturated rings. The monoisotopic (exact) mass is 233 g/mol. The van der Waals surface area contributed by atoms with Gasteiger partial charge in [-0.05, 0) is 32.1 Å². The van der Waals surface area contributed by atoms with Gasteiger partial charge in [0.2, 0.25) is 10.0 Å². The van der Waals surface area contributed by atoms with Crippen molar-refractivity contribution in [3.63, 3.8) is 0 Å². The number of hydrogen-bond donors (Lipinski definition) is 0. The lowest BCUT2D eigenvalue weighted by atomic mass is 10.2. The van der Waals surface area contributed by atoms with Crippen molar-refractivity contribution in [2.45, 2.75) is 38.2 Å². The van der Waals surface area contributed by atoms with Crippen molar-refractivity contribution in [3.05, 3.63) is 0 Å². The van der Waals surface area contributed by atoms with E-state index >= 15 is 0 Å². The van der Waals surface area contributed by atoms with Crippen LogP contribution in [0, 0.1) is 0 Å². The van der Waals surface area contributed by atoms with Crippen LogP contribution in [0.3, 0.4) is 0 Å². The van der Waals surface area contributed by atoms with Crippen LogP contribution < -0.4 is 0 Å². The van der Waals surface area contributed by atoms with Crippen LogP contribution in [-0.4, -0.2) is 44.3 Å². The van der Waals surface area contributed by atoms with Crippen LogP contribution in [0.1, 0.15) is 32.1 Å². The van der Waals surface area contributed by atoms with E-state index in [2.05, 4.69) is 0 Å². The number of ether oxygens (including phenoxy) is 1. The zero-order valence-corrected chi connectivity index (χ0v) is 9.84. The van der Waals surface area contributed by atoms with Crippen LogP contribution in [-0.2, 0) is 14.8 Å². The third-order valence-corrected chi connectivity index (χ3v) is 5.08. The summed E-state index contributed by atoms with van der Waals surface area (Å²) in [5.41, 5.74) is 0. The second kappa shape index (κ2) is 4.80. The molecule has 2 heterocycles. The molecule has 5 heteroatoms. The summed E-state index contributed by atoms with van der Waals surface area (Å²) in [6.07, 6.45) is 4.98. The summed E-state index contributed by atoms with van der Waals surface area (Å²) >= 11 is 0. The van der Waals surface area contributed by atoms with E-state index in [-0.39, 0.29) is 11.9 Å². The second-order valence-corrected chi connectivity index (χ2v) is 6.43. The molecule has 0 radical (unpaired) electrons. The minimum Gasteiger partial charge on any atom is -0.378 e. The third-order valence-electron chi connectivity index (χ3n) is 3.18. The third kappa shape index (κ3) is 2.92. The minimum absolute atomic E-state index is 0.183. The molecule has 0 aromatic heterocycles. The van der Waals surface area contributed by atoms with Gasteiger partial charge in [0.25, 0.3) is 0 Å². The van der Waals surface area contributed by atoms with Crippen molar-refractivity contribution in [2.75, 3.05) is 25.4 Å². The van der Waals surface area contributed by atoms with E-state index in [1.165, 1.54) is 0 Å². The quantitative estimate of drug-likeness (QED) is 0.727. The van der Waals surface area contributed by atoms with E-state index in [0.717, 1.165) is 32.3 Å². The Morgan fingerprint density at radius 2 is 1.93 bits per heavy atom. The number of hydrogen-bond acceptors (Lipinski definition) is 3. The van der Waals surface area contributed by atoms with Gasteiger partial charge in [-0.3, -0.25) is 0 Å². The molecule has 1 atom stereocenters. The van der Waals surface area contributed by atoms with Crippen LogP contribution >= 0.6 is 0 Å². The van der Waals surface area contributed by atoms with Gasteiger partial charge in [0, 0.05) is 19.7 Å². The highest BCUT2D eigenvalue weighted by molar-refractivity contribution is 7.89. The van der Waals surface area contributed by atoms with Gasteiger partial charge < -0.3 is 4.74 Å². The first-order valence-electron chi connectivity index (χ1n) is 5.78. The van der Waals surface area contributed by atoms with Crippen LogP contribution in [0.2, 0.25) is 0 Å². The van der Waals surface area contributed by atoms with Gasteiger partial charge in [0.1, 0.15) is 0 Å². The average molecular weight is 233 g/mol. The maximum Gasteiger partial charge on any atom is 0.214 e. The molecule has 0 N–H and O–H groups in total. The summed E-state index contributed by atoms with van der Waals surface area (Å²) in [5.74, 6) is 0.262. The van der Waals surface area contributed by atoms with Crippen molar-refractivity contribution in [3.8, 4) is 0 Å². The number of sulfonamides is 1. The Bertz CT molecular complexity index is 290. The van der Waals surface area contributed by atoms with Crippen molar-refractivity contribution in [2.24, 2.45) is 0 Å². The molecule has 0 saturated carbocycles. The lowest BCUT2D eigenvalue weighted by Gasteiger charge is -2.16. The fourth-order valence-electron chi connectivity index (χ4n) is 2.25. The summed E-state index contributed by atoms with van der Waals surface area (Å²) in [7, 11) is -2.99. The van der Waals surface area contributed by atoms with Gasteiger partial charge in [-0.25, -0.2) is 12.7 Å². The van der Waals surface area contributed by atoms with Crippen LogP contribution in [0.15, 0.2) is 0 Å². The summed E-state index contributed by atoms with van der Waals surface area (Å²) in [4.78, 5) is 0. The largest absolute Gasteiger partial charge is 0.378 e. The van der Waals surface area contributed by atoms with Gasteiger partial charge in [0.15, 0.2) is 0 Å². The van der Waals surface area contributed by atoms with Crippen LogP contribution in [0.4, 0.5) is 0 Å². The molecule has 15 heavy (non-hydrogen) atoms. The molecule has 0 aromatic carbocycles. The van der Waals surface area contributed by atoms with E-state index in [0.29, 0.717) is 19.5 Å². The summed E-state index contributed by atoms with van der Waals surface area (Å²) < 4.78 is 30.8. The van der Waals surface area contributed by atoms with Crippen molar-refractivity contribution < 1.29 is 13.2 Å². The Morgan fingerprint density at radius 1 is 1.20 bits per heavy atom. The van der Waals surface area contributed by atoms with E-state index < -0.39 is 10.0 Å². The first-order chi connectivity index (χ1) is 7.18. The zero-order valence-electron chi connectivity index (χ0n) is 9.02. The van der Waals surface area contributed by atoms with E-state index in [4.69, 9.17) is 4.74 Å². The predicted molar refractivity (Wildman–Crippen MR) is 58.2 cm³/mol. The molecule has 88 valence electrons. The highest BCUT2D eigenvalue weighted by Gasteiger charge is 2.26. The van der Waals surface area contributed by atoms with Crippen LogP contribution in [0.5, 0.6) is 0 Å². The molecule has 2 aliphatic heterocycles. The Labute approximate surface area is 91.6 Å². The SMILES string of the molecule is O=S(=O)(CCC1CCCO1)N1CCCC1. The molecule has 0 amide bonds. The molecule has 0 aromatic rings. The van der Waals surface area contributed by atoms with Gasteiger partial charge in [-0.1, -0.05) is 0 Å². The Hall–Kier alpha value is -0.130. The van der Waals surface area contributed by atoms with Crippen molar-refractivity contribution in [1.82, 2.24) is 4.31 Å². The van der Waals surface area contributed by atoms with E-state index in [1.807, 2.05) is 0 Å². The fourth-order valence-corrected chi connectivity index (χ4v) is 3.88. The Morgan fingerprint density at radius 3 is 2.53 bits per heavy atom. The molecule has 0 aliphatic carbocycles. The van der Waals surface area contributed by atoms with Gasteiger partial charge in [0.05, 0.1) is 11.9 Å². The first kappa shape index (κ1) is 11.4. The lowest BCUT2D eigenvalue weighted by Crippen LogP contribution is -2.31. The van der Waals surface area contributed by atoms with Crippen LogP contribution in [0.25, 0.3) is 0 Å². The fraction of sp³-hybridized carbons (Fsp3) is 1.00. The standard InChI is InChI=1S/C10H19NO3S/c12-15(13,11-6-1-2-7-11)9-5-10-4-3-8-14-10/h10H,1-9H2. The predicted octanol–water partition coefficient (Wildman–Crippen LogP) is 0.981. The molecule has 2 aliphatic rings. The second-order valence-electron chi connectivity index (χ2n) is 4.35. The molecule has 4 nitrogen and oxygen atoms in total. The normalized spacial score (nSPS) is 28.7. The highest BCUT2D eigenvalue weighted by Crippen LogP contribution is 2.19. The van der Waals surface area contributed by atoms with Gasteiger partial charge >= 0.3 is 0 Å². The summed E-state index contributed by atoms with van der Waals surface area (Å²) in [5, 5.41) is 0. The molecule has 1 unspecified atom stereocenters. The topological polar surface area (TPSA) is 46.6 Å². The first-order valence-corrected chi connectivity index (χ1v) is 7.39. The smallest absolute Gasteiger partial charge is 0.214 e. The van der Waals surface area contributed by atoms with E-state index in [1.54, 1.807) is 4.31 Å². The number of rotatable bonds is 4. The van der Waals surface area contributed by atoms with Gasteiger partial charge in [-0.15, -0.1) is 0 Å². The molecular weight excluding hydrogens is 214 g/mol. The maximum absolute atomic E-state index is 11.9. The Kier molecular flexibility index (Phi) is 3.64. The molecule has 0 spiro atoms. The van der Waals surface area contributed by atoms with Crippen molar-refractivity contribution >= 4 is 10.0 Å². The lowest BCUT2D eigenvalue weighted by molar-refractivity contribution is 0.108. The minimum atomic E-state index is -2.99. The molecular formula is C10H19NO3S.